The quantitative estimate of drug-likeness (QED) is 0.741. The third-order valence-electron chi connectivity index (χ3n) is 5.15. The van der Waals surface area contributed by atoms with Crippen LogP contribution in [0.4, 0.5) is 0 Å². The zero-order chi connectivity index (χ0) is 18.4. The second kappa shape index (κ2) is 6.13. The number of ether oxygens (including phenoxy) is 1. The number of nitrogens with zero attached hydrogens (tertiary/aromatic N) is 3. The van der Waals surface area contributed by atoms with Gasteiger partial charge >= 0.3 is 0 Å². The molecule has 2 atom stereocenters. The number of rotatable bonds is 2. The van der Waals surface area contributed by atoms with Gasteiger partial charge in [0.05, 0.1) is 11.8 Å². The van der Waals surface area contributed by atoms with E-state index in [-0.39, 0.29) is 18.0 Å². The molecular formula is C22H19N3O2. The average molecular weight is 357 g/mol. The van der Waals surface area contributed by atoms with Gasteiger partial charge in [-0.25, -0.2) is 5.01 Å². The average Bonchev–Trinajstić information content (AvgIpc) is 3.15. The first kappa shape index (κ1) is 15.9. The minimum absolute atomic E-state index is 0.0722. The number of fused-ring (bicyclic) bond motifs is 3. The van der Waals surface area contributed by atoms with Crippen molar-refractivity contribution in [2.24, 2.45) is 5.10 Å². The van der Waals surface area contributed by atoms with Crippen LogP contribution in [0.25, 0.3) is 0 Å². The van der Waals surface area contributed by atoms with Crippen LogP contribution >= 0.6 is 0 Å². The van der Waals surface area contributed by atoms with Crippen LogP contribution < -0.4 is 4.74 Å². The van der Waals surface area contributed by atoms with Gasteiger partial charge < -0.3 is 9.84 Å². The van der Waals surface area contributed by atoms with Crippen molar-refractivity contribution in [2.45, 2.75) is 25.6 Å². The molecule has 5 rings (SSSR count). The summed E-state index contributed by atoms with van der Waals surface area (Å²) in [5.74, 6) is 1.14. The van der Waals surface area contributed by atoms with Crippen molar-refractivity contribution in [3.05, 3.63) is 89.2 Å². The van der Waals surface area contributed by atoms with Crippen molar-refractivity contribution >= 4 is 5.71 Å². The number of phenols is 1. The third kappa shape index (κ3) is 2.63. The van der Waals surface area contributed by atoms with Crippen molar-refractivity contribution in [2.75, 3.05) is 0 Å². The van der Waals surface area contributed by atoms with Gasteiger partial charge in [0, 0.05) is 35.5 Å². The van der Waals surface area contributed by atoms with Gasteiger partial charge in [-0.2, -0.15) is 5.10 Å². The lowest BCUT2D eigenvalue weighted by atomic mass is 9.95. The summed E-state index contributed by atoms with van der Waals surface area (Å²) in [6, 6.07) is 17.7. The second-order valence-electron chi connectivity index (χ2n) is 6.96. The van der Waals surface area contributed by atoms with Crippen LogP contribution in [0.5, 0.6) is 11.5 Å². The van der Waals surface area contributed by atoms with E-state index in [1.165, 1.54) is 0 Å². The number of hydrogen-bond acceptors (Lipinski definition) is 5. The second-order valence-corrected chi connectivity index (χ2v) is 6.96. The Bertz CT molecular complexity index is 1030. The van der Waals surface area contributed by atoms with E-state index in [2.05, 4.69) is 11.1 Å². The van der Waals surface area contributed by atoms with Crippen LogP contribution in [0.2, 0.25) is 0 Å². The van der Waals surface area contributed by atoms with Crippen LogP contribution in [0.15, 0.2) is 72.1 Å². The number of aromatic nitrogens is 1. The Morgan fingerprint density at radius 3 is 2.74 bits per heavy atom. The maximum absolute atomic E-state index is 10.4. The van der Waals surface area contributed by atoms with Crippen LogP contribution in [0.1, 0.15) is 40.9 Å². The highest BCUT2D eigenvalue weighted by molar-refractivity contribution is 6.04. The number of hydrazone groups is 1. The third-order valence-corrected chi connectivity index (χ3v) is 5.15. The first-order valence-corrected chi connectivity index (χ1v) is 9.02. The lowest BCUT2D eigenvalue weighted by Gasteiger charge is -2.38. The van der Waals surface area contributed by atoms with E-state index >= 15 is 0 Å². The van der Waals surface area contributed by atoms with Crippen molar-refractivity contribution < 1.29 is 9.84 Å². The summed E-state index contributed by atoms with van der Waals surface area (Å²) < 4.78 is 6.30. The molecule has 0 unspecified atom stereocenters. The summed E-state index contributed by atoms with van der Waals surface area (Å²) in [5, 5.41) is 17.3. The number of pyridine rings is 1. The molecule has 0 saturated heterocycles. The zero-order valence-corrected chi connectivity index (χ0v) is 14.9. The molecule has 0 radical (unpaired) electrons. The Hall–Kier alpha value is -3.34. The van der Waals surface area contributed by atoms with E-state index in [0.717, 1.165) is 40.1 Å². The Balaban J connectivity index is 1.62. The van der Waals surface area contributed by atoms with Gasteiger partial charge in [0.15, 0.2) is 0 Å². The number of aromatic hydroxyl groups is 1. The highest BCUT2D eigenvalue weighted by Gasteiger charge is 2.41. The van der Waals surface area contributed by atoms with Gasteiger partial charge in [-0.05, 0) is 37.3 Å². The van der Waals surface area contributed by atoms with Crippen molar-refractivity contribution in [3.63, 3.8) is 0 Å². The molecule has 27 heavy (non-hydrogen) atoms. The molecule has 0 amide bonds. The molecule has 0 saturated carbocycles. The lowest BCUT2D eigenvalue weighted by molar-refractivity contribution is -0.0190. The number of benzene rings is 2. The van der Waals surface area contributed by atoms with Crippen molar-refractivity contribution in [1.82, 2.24) is 9.99 Å². The van der Waals surface area contributed by atoms with Crippen LogP contribution in [0.3, 0.4) is 0 Å². The summed E-state index contributed by atoms with van der Waals surface area (Å²) >= 11 is 0. The first-order chi connectivity index (χ1) is 13.2. The molecule has 1 aromatic heterocycles. The van der Waals surface area contributed by atoms with Gasteiger partial charge in [0.25, 0.3) is 0 Å². The van der Waals surface area contributed by atoms with E-state index < -0.39 is 0 Å². The summed E-state index contributed by atoms with van der Waals surface area (Å²) in [6.07, 6.45) is 3.93. The van der Waals surface area contributed by atoms with Gasteiger partial charge in [0.1, 0.15) is 11.5 Å². The fourth-order valence-corrected chi connectivity index (χ4v) is 3.83. The molecule has 134 valence electrons. The molecule has 1 N–H and O–H groups in total. The van der Waals surface area contributed by atoms with E-state index in [1.807, 2.05) is 54.4 Å². The van der Waals surface area contributed by atoms with E-state index in [9.17, 15) is 5.11 Å². The molecule has 3 heterocycles. The predicted molar refractivity (Wildman–Crippen MR) is 103 cm³/mol. The minimum atomic E-state index is -0.322. The fraction of sp³-hybridized carbons (Fsp3) is 0.182. The Labute approximate surface area is 157 Å². The largest absolute Gasteiger partial charge is 0.507 e. The molecule has 3 aromatic rings. The summed E-state index contributed by atoms with van der Waals surface area (Å²) in [7, 11) is 0. The molecule has 2 aliphatic heterocycles. The highest BCUT2D eigenvalue weighted by Crippen LogP contribution is 2.47. The molecule has 0 fully saturated rings. The van der Waals surface area contributed by atoms with Crippen molar-refractivity contribution in [3.8, 4) is 11.5 Å². The van der Waals surface area contributed by atoms with Crippen LogP contribution in [-0.4, -0.2) is 20.8 Å². The smallest absolute Gasteiger partial charge is 0.213 e. The summed E-state index contributed by atoms with van der Waals surface area (Å²) in [4.78, 5) is 4.11. The fourth-order valence-electron chi connectivity index (χ4n) is 3.83. The summed E-state index contributed by atoms with van der Waals surface area (Å²) in [5.41, 5.74) is 4.88. The van der Waals surface area contributed by atoms with E-state index in [4.69, 9.17) is 9.84 Å². The lowest BCUT2D eigenvalue weighted by Crippen LogP contribution is -2.33. The number of hydrogen-bond donors (Lipinski definition) is 1. The summed E-state index contributed by atoms with van der Waals surface area (Å²) in [6.45, 7) is 2.02. The van der Waals surface area contributed by atoms with Gasteiger partial charge in [-0.1, -0.05) is 29.8 Å². The molecule has 5 nitrogen and oxygen atoms in total. The topological polar surface area (TPSA) is 58.0 Å². The molecule has 2 aromatic carbocycles. The molecule has 5 heteroatoms. The maximum Gasteiger partial charge on any atom is 0.213 e. The van der Waals surface area contributed by atoms with Crippen LogP contribution in [-0.2, 0) is 0 Å². The number of para-hydroxylation sites is 1. The van der Waals surface area contributed by atoms with Gasteiger partial charge in [-0.15, -0.1) is 0 Å². The Morgan fingerprint density at radius 1 is 1.07 bits per heavy atom. The molecule has 0 bridgehead atoms. The van der Waals surface area contributed by atoms with Gasteiger partial charge in [0.2, 0.25) is 6.23 Å². The predicted octanol–water partition coefficient (Wildman–Crippen LogP) is 4.34. The normalized spacial score (nSPS) is 20.5. The molecule has 0 spiro atoms. The monoisotopic (exact) mass is 357 g/mol. The van der Waals surface area contributed by atoms with E-state index in [0.29, 0.717) is 0 Å². The standard InChI is InChI=1S/C22H19N3O2/c1-14-6-7-20(26)17(12-14)18-13-19-16-4-2-3-5-21(16)27-22(25(19)24-18)15-8-10-23-11-9-15/h2-12,19,22,26H,13H2,1H3/t19-,22+/m1/s1. The number of phenolic OH excluding ortho intramolecular Hbond substituents is 1. The maximum atomic E-state index is 10.4. The number of aryl methyl sites for hydroxylation is 1. The van der Waals surface area contributed by atoms with E-state index in [1.54, 1.807) is 18.5 Å². The van der Waals surface area contributed by atoms with Crippen molar-refractivity contribution in [1.29, 1.82) is 0 Å². The molecule has 2 aliphatic rings. The van der Waals surface area contributed by atoms with Crippen LogP contribution in [0, 0.1) is 6.92 Å². The Kier molecular flexibility index (Phi) is 3.60. The molecular weight excluding hydrogens is 338 g/mol. The van der Waals surface area contributed by atoms with Gasteiger partial charge in [-0.3, -0.25) is 4.98 Å². The zero-order valence-electron chi connectivity index (χ0n) is 14.9. The SMILES string of the molecule is Cc1ccc(O)c(C2=NN3[C@H](C2)c2ccccc2O[C@H]3c2ccncc2)c1. The highest BCUT2D eigenvalue weighted by atomic mass is 16.5. The minimum Gasteiger partial charge on any atom is -0.507 e. The molecule has 0 aliphatic carbocycles. The Morgan fingerprint density at radius 2 is 1.89 bits per heavy atom. The first-order valence-electron chi connectivity index (χ1n) is 9.02.